The number of rotatable bonds is 8. The van der Waals surface area contributed by atoms with E-state index >= 15 is 0 Å². The number of benzene rings is 2. The number of hydrazone groups is 1. The zero-order valence-electron chi connectivity index (χ0n) is 13.5. The van der Waals surface area contributed by atoms with Crippen molar-refractivity contribution in [1.29, 1.82) is 0 Å². The van der Waals surface area contributed by atoms with Crippen molar-refractivity contribution in [1.82, 2.24) is 5.43 Å². The molecule has 0 aliphatic heterocycles. The van der Waals surface area contributed by atoms with E-state index in [2.05, 4.69) is 17.1 Å². The van der Waals surface area contributed by atoms with Crippen LogP contribution in [0.4, 0.5) is 0 Å². The second-order valence-electron chi connectivity index (χ2n) is 5.00. The van der Waals surface area contributed by atoms with E-state index in [-0.39, 0.29) is 0 Å². The summed E-state index contributed by atoms with van der Waals surface area (Å²) in [6, 6.07) is 13.2. The molecule has 0 bridgehead atoms. The van der Waals surface area contributed by atoms with Gasteiger partial charge < -0.3 is 9.84 Å². The van der Waals surface area contributed by atoms with Gasteiger partial charge in [-0.15, -0.1) is 0 Å². The van der Waals surface area contributed by atoms with Crippen LogP contribution in [0, 0.1) is 0 Å². The maximum Gasteiger partial charge on any atom is 0.271 e. The highest BCUT2D eigenvalue weighted by Gasteiger charge is 2.07. The minimum absolute atomic E-state index is 0.343. The first-order valence-corrected chi connectivity index (χ1v) is 7.56. The first-order chi connectivity index (χ1) is 12.2. The molecule has 0 saturated heterocycles. The molecule has 0 saturated carbocycles. The summed E-state index contributed by atoms with van der Waals surface area (Å²) >= 11 is 0. The lowest BCUT2D eigenvalue weighted by atomic mass is 10.1. The number of amides is 1. The van der Waals surface area contributed by atoms with E-state index in [9.17, 15) is 9.59 Å². The number of Topliss-reactive ketones (excluding diaryl/α,β-unsaturated/α-hetero) is 1. The molecular weight excluding hydrogens is 320 g/mol. The van der Waals surface area contributed by atoms with Crippen molar-refractivity contribution in [2.45, 2.75) is 0 Å². The van der Waals surface area contributed by atoms with E-state index in [1.807, 2.05) is 18.2 Å². The lowest BCUT2D eigenvalue weighted by Crippen LogP contribution is -2.18. The third-order valence-corrected chi connectivity index (χ3v) is 3.26. The van der Waals surface area contributed by atoms with Crippen molar-refractivity contribution >= 4 is 17.9 Å². The number of nitrogens with zero attached hydrogens (tertiary/aromatic N) is 1. The maximum absolute atomic E-state index is 12.0. The standard InChI is InChI=1S/C19H18N2O4/c1-2-11-25-18-6-4-3-5-16(18)12-20-21-19(24)15-9-7-14(8-10-15)17(23)13-22/h2-10,12,22H,1,11,13H2,(H,21,24)/b20-12+. The van der Waals surface area contributed by atoms with Crippen molar-refractivity contribution < 1.29 is 19.4 Å². The minimum atomic E-state index is -0.566. The zero-order chi connectivity index (χ0) is 18.1. The van der Waals surface area contributed by atoms with Gasteiger partial charge >= 0.3 is 0 Å². The second kappa shape index (κ2) is 9.14. The van der Waals surface area contributed by atoms with Crippen LogP contribution < -0.4 is 10.2 Å². The zero-order valence-corrected chi connectivity index (χ0v) is 13.5. The van der Waals surface area contributed by atoms with Gasteiger partial charge in [0.1, 0.15) is 19.0 Å². The van der Waals surface area contributed by atoms with Crippen LogP contribution in [-0.2, 0) is 0 Å². The fourth-order valence-electron chi connectivity index (χ4n) is 1.99. The Morgan fingerprint density at radius 2 is 1.80 bits per heavy atom. The fraction of sp³-hybridized carbons (Fsp3) is 0.105. The van der Waals surface area contributed by atoms with Gasteiger partial charge in [-0.3, -0.25) is 9.59 Å². The van der Waals surface area contributed by atoms with Crippen molar-refractivity contribution in [3.05, 3.63) is 77.9 Å². The first-order valence-electron chi connectivity index (χ1n) is 7.56. The minimum Gasteiger partial charge on any atom is -0.489 e. The third kappa shape index (κ3) is 5.12. The summed E-state index contributed by atoms with van der Waals surface area (Å²) in [6.07, 6.45) is 3.13. The van der Waals surface area contributed by atoms with Gasteiger partial charge in [-0.05, 0) is 24.3 Å². The summed E-state index contributed by atoms with van der Waals surface area (Å²) in [5.74, 6) is -0.183. The van der Waals surface area contributed by atoms with Gasteiger partial charge in [0.2, 0.25) is 0 Å². The average Bonchev–Trinajstić information content (AvgIpc) is 2.66. The largest absolute Gasteiger partial charge is 0.489 e. The molecule has 0 spiro atoms. The van der Waals surface area contributed by atoms with Crippen LogP contribution in [0.2, 0.25) is 0 Å². The van der Waals surface area contributed by atoms with Crippen LogP contribution in [0.5, 0.6) is 5.75 Å². The summed E-state index contributed by atoms with van der Waals surface area (Å²) in [5.41, 5.74) is 3.82. The number of nitrogens with one attached hydrogen (secondary N) is 1. The number of para-hydroxylation sites is 1. The molecule has 0 aromatic heterocycles. The Hall–Kier alpha value is -3.25. The highest BCUT2D eigenvalue weighted by molar-refractivity contribution is 5.99. The van der Waals surface area contributed by atoms with E-state index < -0.39 is 18.3 Å². The third-order valence-electron chi connectivity index (χ3n) is 3.26. The number of ether oxygens (including phenoxy) is 1. The van der Waals surface area contributed by atoms with Crippen molar-refractivity contribution in [3.63, 3.8) is 0 Å². The highest BCUT2D eigenvalue weighted by atomic mass is 16.5. The summed E-state index contributed by atoms with van der Waals surface area (Å²) in [5, 5.41) is 12.7. The summed E-state index contributed by atoms with van der Waals surface area (Å²) in [7, 11) is 0. The van der Waals surface area contributed by atoms with Crippen molar-refractivity contribution in [2.75, 3.05) is 13.2 Å². The molecule has 6 heteroatoms. The number of carbonyl (C=O) groups is 2. The normalized spacial score (nSPS) is 10.4. The Kier molecular flexibility index (Phi) is 6.62. The Morgan fingerprint density at radius 1 is 1.12 bits per heavy atom. The molecular formula is C19H18N2O4. The van der Waals surface area contributed by atoms with Crippen LogP contribution in [0.25, 0.3) is 0 Å². The van der Waals surface area contributed by atoms with Crippen LogP contribution in [0.1, 0.15) is 26.3 Å². The maximum atomic E-state index is 12.0. The number of hydrogen-bond donors (Lipinski definition) is 2. The lowest BCUT2D eigenvalue weighted by Gasteiger charge is -2.06. The van der Waals surface area contributed by atoms with Crippen LogP contribution in [0.3, 0.4) is 0 Å². The van der Waals surface area contributed by atoms with Gasteiger partial charge in [-0.25, -0.2) is 5.43 Å². The Morgan fingerprint density at radius 3 is 2.48 bits per heavy atom. The van der Waals surface area contributed by atoms with Gasteiger partial charge in [0.05, 0.1) is 6.21 Å². The predicted molar refractivity (Wildman–Crippen MR) is 95.1 cm³/mol. The molecule has 0 aliphatic carbocycles. The Balaban J connectivity index is 2.01. The van der Waals surface area contributed by atoms with E-state index in [0.29, 0.717) is 29.0 Å². The molecule has 6 nitrogen and oxygen atoms in total. The smallest absolute Gasteiger partial charge is 0.271 e. The summed E-state index contributed by atoms with van der Waals surface area (Å²) in [4.78, 5) is 23.4. The number of hydrogen-bond acceptors (Lipinski definition) is 5. The molecule has 128 valence electrons. The van der Waals surface area contributed by atoms with E-state index in [0.717, 1.165) is 0 Å². The molecule has 1 amide bonds. The van der Waals surface area contributed by atoms with Gasteiger partial charge in [-0.2, -0.15) is 5.10 Å². The van der Waals surface area contributed by atoms with Gasteiger partial charge in [-0.1, -0.05) is 36.9 Å². The molecule has 0 fully saturated rings. The number of aliphatic hydroxyl groups is 1. The quantitative estimate of drug-likeness (QED) is 0.334. The summed E-state index contributed by atoms with van der Waals surface area (Å²) in [6.45, 7) is 3.40. The van der Waals surface area contributed by atoms with Crippen molar-refractivity contribution in [2.24, 2.45) is 5.10 Å². The van der Waals surface area contributed by atoms with Gasteiger partial charge in [0, 0.05) is 16.7 Å². The van der Waals surface area contributed by atoms with Gasteiger partial charge in [0.25, 0.3) is 5.91 Å². The SMILES string of the molecule is C=CCOc1ccccc1/C=N/NC(=O)c1ccc(C(=O)CO)cc1. The predicted octanol–water partition coefficient (Wildman–Crippen LogP) is 2.19. The Labute approximate surface area is 145 Å². The van der Waals surface area contributed by atoms with E-state index in [1.54, 1.807) is 12.1 Å². The van der Waals surface area contributed by atoms with E-state index in [4.69, 9.17) is 9.84 Å². The summed E-state index contributed by atoms with van der Waals surface area (Å²) < 4.78 is 5.50. The van der Waals surface area contributed by atoms with E-state index in [1.165, 1.54) is 30.5 Å². The number of ketones is 1. The number of carbonyl (C=O) groups excluding carboxylic acids is 2. The Bertz CT molecular complexity index is 782. The molecule has 2 rings (SSSR count). The van der Waals surface area contributed by atoms with Crippen LogP contribution in [0.15, 0.2) is 66.3 Å². The van der Waals surface area contributed by atoms with Crippen LogP contribution >= 0.6 is 0 Å². The molecule has 2 aromatic carbocycles. The first kappa shape index (κ1) is 18.1. The average molecular weight is 338 g/mol. The molecule has 2 aromatic rings. The van der Waals surface area contributed by atoms with Gasteiger partial charge in [0.15, 0.2) is 5.78 Å². The highest BCUT2D eigenvalue weighted by Crippen LogP contribution is 2.15. The molecule has 0 aliphatic rings. The molecule has 0 unspecified atom stereocenters. The molecule has 0 radical (unpaired) electrons. The van der Waals surface area contributed by atoms with Crippen molar-refractivity contribution in [3.8, 4) is 5.75 Å². The molecule has 25 heavy (non-hydrogen) atoms. The molecule has 0 atom stereocenters. The molecule has 0 heterocycles. The topological polar surface area (TPSA) is 88.0 Å². The monoisotopic (exact) mass is 338 g/mol. The molecule has 2 N–H and O–H groups in total. The lowest BCUT2D eigenvalue weighted by molar-refractivity contribution is 0.0901. The fourth-order valence-corrected chi connectivity index (χ4v) is 1.99. The number of aliphatic hydroxyl groups excluding tert-OH is 1. The van der Waals surface area contributed by atoms with Crippen LogP contribution in [-0.4, -0.2) is 36.2 Å². The second-order valence-corrected chi connectivity index (χ2v) is 5.00.